The van der Waals surface area contributed by atoms with Gasteiger partial charge < -0.3 is 5.11 Å². The average molecular weight is 234 g/mol. The minimum atomic E-state index is -0.0748. The molecular formula is C14H18OS. The highest BCUT2D eigenvalue weighted by atomic mass is 32.2. The Kier molecular flexibility index (Phi) is 6.80. The van der Waals surface area contributed by atoms with Gasteiger partial charge in [-0.05, 0) is 29.9 Å². The van der Waals surface area contributed by atoms with E-state index in [4.69, 9.17) is 5.11 Å². The van der Waals surface area contributed by atoms with Gasteiger partial charge in [-0.2, -0.15) is 11.8 Å². The standard InChI is InChI=1S/C14H18OS/c1-2-3-11-16-12-14-8-6-13(7-9-14)5-4-10-15/h6-9,15H,2-3,10-12H2,1H3. The molecule has 1 nitrogen and oxygen atoms in total. The van der Waals surface area contributed by atoms with Crippen molar-refractivity contribution in [1.82, 2.24) is 0 Å². The third kappa shape index (κ3) is 5.25. The largest absolute Gasteiger partial charge is 0.384 e. The number of benzene rings is 1. The van der Waals surface area contributed by atoms with Crippen molar-refractivity contribution in [3.63, 3.8) is 0 Å². The van der Waals surface area contributed by atoms with Crippen LogP contribution in [0.1, 0.15) is 30.9 Å². The van der Waals surface area contributed by atoms with Crippen LogP contribution in [0.4, 0.5) is 0 Å². The molecule has 86 valence electrons. The third-order valence-electron chi connectivity index (χ3n) is 2.18. The number of aliphatic hydroxyl groups is 1. The van der Waals surface area contributed by atoms with Crippen LogP contribution in [0, 0.1) is 11.8 Å². The van der Waals surface area contributed by atoms with Gasteiger partial charge in [-0.15, -0.1) is 0 Å². The van der Waals surface area contributed by atoms with Crippen LogP contribution in [-0.4, -0.2) is 17.5 Å². The Balaban J connectivity index is 2.39. The van der Waals surface area contributed by atoms with E-state index in [9.17, 15) is 0 Å². The van der Waals surface area contributed by atoms with E-state index in [1.165, 1.54) is 24.2 Å². The first kappa shape index (κ1) is 13.2. The van der Waals surface area contributed by atoms with Crippen LogP contribution in [-0.2, 0) is 5.75 Å². The maximum absolute atomic E-state index is 8.57. The molecule has 0 aliphatic rings. The number of rotatable bonds is 5. The van der Waals surface area contributed by atoms with Gasteiger partial charge in [-0.3, -0.25) is 0 Å². The molecule has 1 aromatic rings. The predicted octanol–water partition coefficient (Wildman–Crippen LogP) is 3.06. The molecule has 0 aliphatic carbocycles. The summed E-state index contributed by atoms with van der Waals surface area (Å²) in [5.41, 5.74) is 2.31. The Labute approximate surface area is 102 Å². The Morgan fingerprint density at radius 3 is 2.62 bits per heavy atom. The molecule has 0 aliphatic heterocycles. The van der Waals surface area contributed by atoms with Crippen LogP contribution in [0.25, 0.3) is 0 Å². The van der Waals surface area contributed by atoms with Gasteiger partial charge in [0.1, 0.15) is 6.61 Å². The Morgan fingerprint density at radius 2 is 2.00 bits per heavy atom. The first-order chi connectivity index (χ1) is 7.86. The van der Waals surface area contributed by atoms with Crippen molar-refractivity contribution in [2.24, 2.45) is 0 Å². The Bertz CT molecular complexity index is 345. The molecule has 0 aromatic heterocycles. The highest BCUT2D eigenvalue weighted by Gasteiger charge is 1.93. The Morgan fingerprint density at radius 1 is 1.25 bits per heavy atom. The van der Waals surface area contributed by atoms with Gasteiger partial charge in [0.25, 0.3) is 0 Å². The molecule has 0 fully saturated rings. The summed E-state index contributed by atoms with van der Waals surface area (Å²) in [4.78, 5) is 0. The van der Waals surface area contributed by atoms with Gasteiger partial charge in [0.05, 0.1) is 0 Å². The van der Waals surface area contributed by atoms with Gasteiger partial charge in [-0.1, -0.05) is 37.3 Å². The Hall–Kier alpha value is -0.910. The van der Waals surface area contributed by atoms with Gasteiger partial charge in [0, 0.05) is 11.3 Å². The van der Waals surface area contributed by atoms with Gasteiger partial charge in [-0.25, -0.2) is 0 Å². The van der Waals surface area contributed by atoms with E-state index in [2.05, 4.69) is 30.9 Å². The highest BCUT2D eigenvalue weighted by molar-refractivity contribution is 7.98. The summed E-state index contributed by atoms with van der Waals surface area (Å²) >= 11 is 1.98. The fourth-order valence-corrected chi connectivity index (χ4v) is 2.33. The highest BCUT2D eigenvalue weighted by Crippen LogP contribution is 2.14. The molecule has 1 aromatic carbocycles. The van der Waals surface area contributed by atoms with Crippen molar-refractivity contribution in [3.8, 4) is 11.8 Å². The van der Waals surface area contributed by atoms with Crippen molar-refractivity contribution < 1.29 is 5.11 Å². The van der Waals surface area contributed by atoms with E-state index in [0.29, 0.717) is 0 Å². The second-order valence-corrected chi connectivity index (χ2v) is 4.67. The minimum Gasteiger partial charge on any atom is -0.384 e. The molecule has 0 bridgehead atoms. The fraction of sp³-hybridized carbons (Fsp3) is 0.429. The van der Waals surface area contributed by atoms with Gasteiger partial charge in [0.15, 0.2) is 0 Å². The number of hydrogen-bond donors (Lipinski definition) is 1. The van der Waals surface area contributed by atoms with Crippen molar-refractivity contribution in [2.45, 2.75) is 25.5 Å². The number of hydrogen-bond acceptors (Lipinski definition) is 2. The molecule has 0 amide bonds. The zero-order chi connectivity index (χ0) is 11.6. The molecule has 16 heavy (non-hydrogen) atoms. The summed E-state index contributed by atoms with van der Waals surface area (Å²) in [5.74, 6) is 7.85. The molecule has 2 heteroatoms. The van der Waals surface area contributed by atoms with Gasteiger partial charge in [0.2, 0.25) is 0 Å². The summed E-state index contributed by atoms with van der Waals surface area (Å²) < 4.78 is 0. The summed E-state index contributed by atoms with van der Waals surface area (Å²) in [7, 11) is 0. The molecule has 1 rings (SSSR count). The quantitative estimate of drug-likeness (QED) is 0.624. The van der Waals surface area contributed by atoms with Crippen molar-refractivity contribution >= 4 is 11.8 Å². The number of thioether (sulfide) groups is 1. The van der Waals surface area contributed by atoms with Crippen LogP contribution in [0.5, 0.6) is 0 Å². The van der Waals surface area contributed by atoms with E-state index in [0.717, 1.165) is 11.3 Å². The lowest BCUT2D eigenvalue weighted by atomic mass is 10.1. The van der Waals surface area contributed by atoms with Crippen LogP contribution < -0.4 is 0 Å². The molecule has 0 saturated carbocycles. The first-order valence-electron chi connectivity index (χ1n) is 5.63. The molecule has 0 heterocycles. The zero-order valence-corrected chi connectivity index (χ0v) is 10.5. The predicted molar refractivity (Wildman–Crippen MR) is 71.5 cm³/mol. The summed E-state index contributed by atoms with van der Waals surface area (Å²) in [6.45, 7) is 2.14. The summed E-state index contributed by atoms with van der Waals surface area (Å²) in [5, 5.41) is 8.57. The van der Waals surface area contributed by atoms with E-state index < -0.39 is 0 Å². The van der Waals surface area contributed by atoms with Crippen LogP contribution in [0.2, 0.25) is 0 Å². The number of aliphatic hydroxyl groups excluding tert-OH is 1. The maximum Gasteiger partial charge on any atom is 0.104 e. The van der Waals surface area contributed by atoms with Crippen molar-refractivity contribution in [2.75, 3.05) is 12.4 Å². The first-order valence-corrected chi connectivity index (χ1v) is 6.78. The van der Waals surface area contributed by atoms with Crippen molar-refractivity contribution in [1.29, 1.82) is 0 Å². The SMILES string of the molecule is CCCCSCc1ccc(C#CCO)cc1. The molecule has 1 N–H and O–H groups in total. The van der Waals surface area contributed by atoms with Crippen molar-refractivity contribution in [3.05, 3.63) is 35.4 Å². The molecule has 0 unspecified atom stereocenters. The second-order valence-electron chi connectivity index (χ2n) is 3.56. The zero-order valence-electron chi connectivity index (χ0n) is 9.70. The molecule has 0 radical (unpaired) electrons. The van der Waals surface area contributed by atoms with Gasteiger partial charge >= 0.3 is 0 Å². The summed E-state index contributed by atoms with van der Waals surface area (Å²) in [6, 6.07) is 8.25. The fourth-order valence-electron chi connectivity index (χ4n) is 1.26. The molecular weight excluding hydrogens is 216 g/mol. The summed E-state index contributed by atoms with van der Waals surface area (Å²) in [6.07, 6.45) is 2.56. The van der Waals surface area contributed by atoms with Crippen LogP contribution in [0.15, 0.2) is 24.3 Å². The van der Waals surface area contributed by atoms with Crippen LogP contribution in [0.3, 0.4) is 0 Å². The minimum absolute atomic E-state index is 0.0748. The molecule has 0 spiro atoms. The smallest absolute Gasteiger partial charge is 0.104 e. The molecule has 0 atom stereocenters. The molecule has 0 saturated heterocycles. The van der Waals surface area contributed by atoms with E-state index >= 15 is 0 Å². The van der Waals surface area contributed by atoms with E-state index in [1.807, 2.05) is 23.9 Å². The second kappa shape index (κ2) is 8.27. The average Bonchev–Trinajstić information content (AvgIpc) is 2.33. The lowest BCUT2D eigenvalue weighted by Gasteiger charge is -2.01. The van der Waals surface area contributed by atoms with E-state index in [1.54, 1.807) is 0 Å². The third-order valence-corrected chi connectivity index (χ3v) is 3.29. The van der Waals surface area contributed by atoms with Crippen LogP contribution >= 0.6 is 11.8 Å². The maximum atomic E-state index is 8.57. The topological polar surface area (TPSA) is 20.2 Å². The van der Waals surface area contributed by atoms with E-state index in [-0.39, 0.29) is 6.61 Å². The monoisotopic (exact) mass is 234 g/mol. The lowest BCUT2D eigenvalue weighted by molar-refractivity contribution is 0.350. The normalized spacial score (nSPS) is 9.62. The number of unbranched alkanes of at least 4 members (excludes halogenated alkanes) is 1. The lowest BCUT2D eigenvalue weighted by Crippen LogP contribution is -1.84.